The van der Waals surface area contributed by atoms with Crippen molar-refractivity contribution in [3.8, 4) is 0 Å². The second-order valence-electron chi connectivity index (χ2n) is 6.88. The van der Waals surface area contributed by atoms with Gasteiger partial charge in [0.1, 0.15) is 0 Å². The number of alkyl halides is 2. The van der Waals surface area contributed by atoms with E-state index in [0.717, 1.165) is 10.5 Å². The molecule has 0 aliphatic carbocycles. The largest absolute Gasteiger partial charge is 0.361 e. The number of halogens is 2. The van der Waals surface area contributed by atoms with E-state index >= 15 is 8.78 Å². The molecule has 30 heavy (non-hydrogen) atoms. The van der Waals surface area contributed by atoms with Gasteiger partial charge in [-0.05, 0) is 35.5 Å². The van der Waals surface area contributed by atoms with Crippen molar-refractivity contribution in [3.63, 3.8) is 0 Å². The van der Waals surface area contributed by atoms with Crippen LogP contribution in [-0.4, -0.2) is 27.7 Å². The monoisotopic (exact) mass is 423 g/mol. The van der Waals surface area contributed by atoms with E-state index in [1.54, 1.807) is 54.6 Å². The highest BCUT2D eigenvalue weighted by Gasteiger charge is 2.64. The van der Waals surface area contributed by atoms with Gasteiger partial charge in [-0.25, -0.2) is 0 Å². The predicted octanol–water partition coefficient (Wildman–Crippen LogP) is 5.39. The Kier molecular flexibility index (Phi) is 5.45. The summed E-state index contributed by atoms with van der Waals surface area (Å²) in [5.41, 5.74) is -1.91. The van der Waals surface area contributed by atoms with Crippen LogP contribution >= 0.6 is 11.8 Å². The third-order valence-electron chi connectivity index (χ3n) is 4.96. The fourth-order valence-electron chi connectivity index (χ4n) is 3.51. The van der Waals surface area contributed by atoms with Crippen LogP contribution in [0.3, 0.4) is 0 Å². The number of carbonyl (C=O) groups excluding carboxylic acids is 1. The number of hydrogen-bond acceptors (Lipinski definition) is 3. The van der Waals surface area contributed by atoms with Crippen LogP contribution in [0.5, 0.6) is 0 Å². The molecular weight excluding hydrogens is 404 g/mol. The van der Waals surface area contributed by atoms with E-state index < -0.39 is 16.9 Å². The minimum atomic E-state index is -3.68. The van der Waals surface area contributed by atoms with Crippen LogP contribution in [-0.2, 0) is 5.72 Å². The molecule has 0 aromatic heterocycles. The Bertz CT molecular complexity index is 1070. The van der Waals surface area contributed by atoms with Crippen molar-refractivity contribution in [1.82, 2.24) is 4.90 Å². The highest BCUT2D eigenvalue weighted by Crippen LogP contribution is 2.54. The highest BCUT2D eigenvalue weighted by molar-refractivity contribution is 8.00. The summed E-state index contributed by atoms with van der Waals surface area (Å²) < 4.78 is 31.1. The van der Waals surface area contributed by atoms with Crippen LogP contribution in [0.4, 0.5) is 8.78 Å². The highest BCUT2D eigenvalue weighted by atomic mass is 32.2. The maximum Gasteiger partial charge on any atom is 0.349 e. The lowest BCUT2D eigenvalue weighted by atomic mass is 10.0. The molecule has 0 bridgehead atoms. The van der Waals surface area contributed by atoms with Gasteiger partial charge in [0.05, 0.1) is 0 Å². The first-order chi connectivity index (χ1) is 14.4. The Morgan fingerprint density at radius 1 is 0.933 bits per heavy atom. The molecule has 3 aromatic rings. The van der Waals surface area contributed by atoms with Gasteiger partial charge in [0.25, 0.3) is 5.91 Å². The number of aliphatic hydroxyl groups is 1. The first-order valence-corrected chi connectivity index (χ1v) is 10.2. The lowest BCUT2D eigenvalue weighted by Crippen LogP contribution is -2.54. The van der Waals surface area contributed by atoms with Gasteiger partial charge >= 0.3 is 5.25 Å². The summed E-state index contributed by atoms with van der Waals surface area (Å²) in [6.07, 6.45) is 3.34. The molecule has 1 amide bonds. The Balaban J connectivity index is 1.71. The molecule has 3 nitrogen and oxygen atoms in total. The van der Waals surface area contributed by atoms with Crippen molar-refractivity contribution in [2.24, 2.45) is 0 Å². The van der Waals surface area contributed by atoms with Gasteiger partial charge in [-0.1, -0.05) is 78.9 Å². The number of rotatable bonds is 6. The number of carbonyl (C=O) groups is 1. The summed E-state index contributed by atoms with van der Waals surface area (Å²) in [7, 11) is 0. The van der Waals surface area contributed by atoms with Crippen LogP contribution in [0.25, 0.3) is 6.08 Å². The number of hydrogen-bond donors (Lipinski definition) is 1. The predicted molar refractivity (Wildman–Crippen MR) is 114 cm³/mol. The number of thioether (sulfide) groups is 1. The van der Waals surface area contributed by atoms with Crippen LogP contribution in [0.1, 0.15) is 21.5 Å². The average molecular weight is 423 g/mol. The molecule has 3 aromatic carbocycles. The van der Waals surface area contributed by atoms with Crippen molar-refractivity contribution in [2.45, 2.75) is 15.9 Å². The SMILES string of the molecule is O=C1c2ccccc2C(O)(C(F)(F)Sc2ccccc2)N1C/C=C/c1ccccc1. The molecular formula is C24H19F2NO2S. The van der Waals surface area contributed by atoms with E-state index in [4.69, 9.17) is 0 Å². The molecule has 1 N–H and O–H groups in total. The first kappa shape index (κ1) is 20.3. The molecule has 1 aliphatic heterocycles. The molecule has 1 aliphatic rings. The van der Waals surface area contributed by atoms with Crippen molar-refractivity contribution in [3.05, 3.63) is 108 Å². The van der Waals surface area contributed by atoms with Crippen molar-refractivity contribution < 1.29 is 18.7 Å². The zero-order valence-corrected chi connectivity index (χ0v) is 16.7. The van der Waals surface area contributed by atoms with Gasteiger partial charge < -0.3 is 5.11 Å². The minimum absolute atomic E-state index is 0.0847. The summed E-state index contributed by atoms with van der Waals surface area (Å²) in [6, 6.07) is 23.4. The zero-order chi connectivity index (χ0) is 21.2. The van der Waals surface area contributed by atoms with Crippen molar-refractivity contribution in [1.29, 1.82) is 0 Å². The van der Waals surface area contributed by atoms with Gasteiger partial charge in [-0.15, -0.1) is 0 Å². The molecule has 0 saturated carbocycles. The van der Waals surface area contributed by atoms with Crippen LogP contribution in [0, 0.1) is 0 Å². The molecule has 6 heteroatoms. The summed E-state index contributed by atoms with van der Waals surface area (Å²) in [5, 5.41) is 7.68. The summed E-state index contributed by atoms with van der Waals surface area (Å²) in [4.78, 5) is 14.1. The van der Waals surface area contributed by atoms with Gasteiger partial charge in [0, 0.05) is 22.6 Å². The summed E-state index contributed by atoms with van der Waals surface area (Å²) in [5.74, 6) is -0.626. The van der Waals surface area contributed by atoms with E-state index in [-0.39, 0.29) is 29.4 Å². The Hall–Kier alpha value is -2.96. The van der Waals surface area contributed by atoms with E-state index in [0.29, 0.717) is 4.90 Å². The van der Waals surface area contributed by atoms with E-state index in [1.807, 2.05) is 30.3 Å². The molecule has 4 rings (SSSR count). The smallest absolute Gasteiger partial charge is 0.349 e. The Morgan fingerprint density at radius 2 is 1.53 bits per heavy atom. The number of fused-ring (bicyclic) bond motifs is 1. The molecule has 0 fully saturated rings. The molecule has 0 saturated heterocycles. The second kappa shape index (κ2) is 8.05. The fraction of sp³-hybridized carbons (Fsp3) is 0.125. The zero-order valence-electron chi connectivity index (χ0n) is 15.9. The van der Waals surface area contributed by atoms with Crippen LogP contribution < -0.4 is 0 Å². The molecule has 1 heterocycles. The maximum absolute atomic E-state index is 15.5. The van der Waals surface area contributed by atoms with Gasteiger partial charge in [-0.3, -0.25) is 9.69 Å². The molecule has 1 unspecified atom stereocenters. The van der Waals surface area contributed by atoms with Gasteiger partial charge in [0.2, 0.25) is 5.72 Å². The third kappa shape index (κ3) is 3.53. The molecule has 1 atom stereocenters. The Morgan fingerprint density at radius 3 is 2.23 bits per heavy atom. The Labute approximate surface area is 177 Å². The number of benzene rings is 3. The number of amides is 1. The molecule has 0 spiro atoms. The molecule has 0 radical (unpaired) electrons. The van der Waals surface area contributed by atoms with E-state index in [2.05, 4.69) is 0 Å². The maximum atomic E-state index is 15.5. The third-order valence-corrected chi connectivity index (χ3v) is 6.01. The normalized spacial score (nSPS) is 18.8. The first-order valence-electron chi connectivity index (χ1n) is 9.41. The standard InChI is InChI=1S/C24H19F2NO2S/c25-24(26,30-19-13-5-2-6-14-19)23(29)21-16-8-7-15-20(21)22(28)27(23)17-9-12-18-10-3-1-4-11-18/h1-16,29H,17H2/b12-9+. The van der Waals surface area contributed by atoms with Gasteiger partial charge in [0.15, 0.2) is 0 Å². The van der Waals surface area contributed by atoms with Crippen molar-refractivity contribution >= 4 is 23.7 Å². The van der Waals surface area contributed by atoms with Crippen molar-refractivity contribution in [2.75, 3.05) is 6.54 Å². The summed E-state index contributed by atoms with van der Waals surface area (Å²) in [6.45, 7) is -0.163. The van der Waals surface area contributed by atoms with Crippen LogP contribution in [0.15, 0.2) is 95.9 Å². The van der Waals surface area contributed by atoms with Crippen LogP contribution in [0.2, 0.25) is 0 Å². The second-order valence-corrected chi connectivity index (χ2v) is 8.07. The lowest BCUT2D eigenvalue weighted by Gasteiger charge is -2.39. The fourth-order valence-corrected chi connectivity index (χ4v) is 4.46. The summed E-state index contributed by atoms with van der Waals surface area (Å²) >= 11 is 0.240. The lowest BCUT2D eigenvalue weighted by molar-refractivity contribution is -0.195. The number of nitrogens with zero attached hydrogens (tertiary/aromatic N) is 1. The molecule has 152 valence electrons. The van der Waals surface area contributed by atoms with E-state index in [9.17, 15) is 9.90 Å². The average Bonchev–Trinajstić information content (AvgIpc) is 2.98. The van der Waals surface area contributed by atoms with Gasteiger partial charge in [-0.2, -0.15) is 8.78 Å². The quantitative estimate of drug-likeness (QED) is 0.541. The topological polar surface area (TPSA) is 40.5 Å². The minimum Gasteiger partial charge on any atom is -0.361 e. The van der Waals surface area contributed by atoms with E-state index in [1.165, 1.54) is 12.1 Å².